The summed E-state index contributed by atoms with van der Waals surface area (Å²) in [6, 6.07) is 13.0. The van der Waals surface area contributed by atoms with Crippen LogP contribution in [0.2, 0.25) is 0 Å². The van der Waals surface area contributed by atoms with E-state index in [9.17, 15) is 4.79 Å². The van der Waals surface area contributed by atoms with Crippen LogP contribution in [0.4, 0.5) is 5.69 Å². The Kier molecular flexibility index (Phi) is 6.46. The van der Waals surface area contributed by atoms with Crippen LogP contribution in [0.3, 0.4) is 0 Å². The lowest BCUT2D eigenvalue weighted by Gasteiger charge is -2.15. The van der Waals surface area contributed by atoms with E-state index in [-0.39, 0.29) is 5.78 Å². The molecule has 1 heterocycles. The standard InChI is InChI=1S/C24H30N2O/c1-18-5-14-24(25)23(22(18)12-6-19(2)27)13-11-20-7-9-21(10-8-20)17-26-15-3-4-16-26/h5-10,12,14H,3-4,11,13,15-17,25H2,1-2H3/b12-6-. The van der Waals surface area contributed by atoms with Crippen molar-refractivity contribution in [3.05, 3.63) is 70.3 Å². The molecule has 2 aromatic carbocycles. The van der Waals surface area contributed by atoms with Crippen LogP contribution in [0, 0.1) is 6.92 Å². The lowest BCUT2D eigenvalue weighted by atomic mass is 9.94. The van der Waals surface area contributed by atoms with Gasteiger partial charge in [0.05, 0.1) is 0 Å². The number of hydrogen-bond acceptors (Lipinski definition) is 3. The number of likely N-dealkylation sites (tertiary alicyclic amines) is 1. The van der Waals surface area contributed by atoms with E-state index < -0.39 is 0 Å². The van der Waals surface area contributed by atoms with Gasteiger partial charge in [-0.15, -0.1) is 0 Å². The predicted octanol–water partition coefficient (Wildman–Crippen LogP) is 4.56. The molecular formula is C24H30N2O. The average molecular weight is 363 g/mol. The van der Waals surface area contributed by atoms with Crippen molar-refractivity contribution in [2.75, 3.05) is 18.8 Å². The number of nitrogen functional groups attached to an aromatic ring is 1. The van der Waals surface area contributed by atoms with Gasteiger partial charge in [-0.1, -0.05) is 36.4 Å². The maximum Gasteiger partial charge on any atom is 0.152 e. The Morgan fingerprint density at radius 2 is 1.70 bits per heavy atom. The Morgan fingerprint density at radius 3 is 2.37 bits per heavy atom. The second-order valence-electron chi connectivity index (χ2n) is 7.61. The third-order valence-electron chi connectivity index (χ3n) is 5.39. The minimum Gasteiger partial charge on any atom is -0.398 e. The van der Waals surface area contributed by atoms with Crippen LogP contribution in [0.15, 0.2) is 42.5 Å². The quantitative estimate of drug-likeness (QED) is 0.580. The number of nitrogens with zero attached hydrogens (tertiary/aromatic N) is 1. The van der Waals surface area contributed by atoms with Gasteiger partial charge in [-0.2, -0.15) is 0 Å². The smallest absolute Gasteiger partial charge is 0.152 e. The maximum atomic E-state index is 11.3. The molecule has 2 aromatic rings. The highest BCUT2D eigenvalue weighted by Crippen LogP contribution is 2.24. The number of ketones is 1. The molecule has 2 N–H and O–H groups in total. The first-order chi connectivity index (χ1) is 13.0. The van der Waals surface area contributed by atoms with Crippen molar-refractivity contribution < 1.29 is 4.79 Å². The predicted molar refractivity (Wildman–Crippen MR) is 114 cm³/mol. The number of benzene rings is 2. The Hall–Kier alpha value is -2.39. The van der Waals surface area contributed by atoms with E-state index in [1.165, 1.54) is 37.1 Å². The van der Waals surface area contributed by atoms with Crippen LogP contribution in [-0.4, -0.2) is 23.8 Å². The van der Waals surface area contributed by atoms with Gasteiger partial charge >= 0.3 is 0 Å². The van der Waals surface area contributed by atoms with E-state index in [4.69, 9.17) is 5.73 Å². The second-order valence-corrected chi connectivity index (χ2v) is 7.61. The Labute approximate surface area is 162 Å². The lowest BCUT2D eigenvalue weighted by Crippen LogP contribution is -2.18. The number of carbonyl (C=O) groups excluding carboxylic acids is 1. The number of rotatable bonds is 7. The highest BCUT2D eigenvalue weighted by atomic mass is 16.1. The minimum atomic E-state index is 0.0522. The normalized spacial score (nSPS) is 14.9. The zero-order valence-corrected chi connectivity index (χ0v) is 16.5. The third kappa shape index (κ3) is 5.30. The van der Waals surface area contributed by atoms with E-state index >= 15 is 0 Å². The van der Waals surface area contributed by atoms with Gasteiger partial charge in [0, 0.05) is 12.2 Å². The third-order valence-corrected chi connectivity index (χ3v) is 5.39. The summed E-state index contributed by atoms with van der Waals surface area (Å²) in [6.07, 6.45) is 8.00. The number of carbonyl (C=O) groups is 1. The van der Waals surface area contributed by atoms with Crippen LogP contribution < -0.4 is 5.73 Å². The molecule has 27 heavy (non-hydrogen) atoms. The number of anilines is 1. The molecule has 0 atom stereocenters. The molecule has 0 spiro atoms. The van der Waals surface area contributed by atoms with Gasteiger partial charge in [0.25, 0.3) is 0 Å². The van der Waals surface area contributed by atoms with E-state index in [0.717, 1.165) is 41.8 Å². The molecule has 0 aliphatic carbocycles. The van der Waals surface area contributed by atoms with Gasteiger partial charge in [0.1, 0.15) is 0 Å². The first kappa shape index (κ1) is 19.4. The molecule has 0 saturated carbocycles. The molecule has 1 aliphatic heterocycles. The molecule has 142 valence electrons. The summed E-state index contributed by atoms with van der Waals surface area (Å²) in [7, 11) is 0. The second kappa shape index (κ2) is 9.01. The maximum absolute atomic E-state index is 11.3. The number of hydrogen-bond donors (Lipinski definition) is 1. The molecule has 3 rings (SSSR count). The number of allylic oxidation sites excluding steroid dienone is 1. The van der Waals surface area contributed by atoms with Gasteiger partial charge in [-0.25, -0.2) is 0 Å². The van der Waals surface area contributed by atoms with Crippen molar-refractivity contribution in [2.24, 2.45) is 0 Å². The molecule has 1 saturated heterocycles. The van der Waals surface area contributed by atoms with Crippen LogP contribution in [0.25, 0.3) is 6.08 Å². The summed E-state index contributed by atoms with van der Waals surface area (Å²) < 4.78 is 0. The summed E-state index contributed by atoms with van der Waals surface area (Å²) in [4.78, 5) is 13.9. The fraction of sp³-hybridized carbons (Fsp3) is 0.375. The molecule has 0 aromatic heterocycles. The Balaban J connectivity index is 1.69. The summed E-state index contributed by atoms with van der Waals surface area (Å²) in [5.41, 5.74) is 13.1. The zero-order chi connectivity index (χ0) is 19.2. The molecule has 0 unspecified atom stereocenters. The number of nitrogens with two attached hydrogens (primary N) is 1. The average Bonchev–Trinajstić information content (AvgIpc) is 3.15. The minimum absolute atomic E-state index is 0.0522. The first-order valence-corrected chi connectivity index (χ1v) is 9.89. The van der Waals surface area contributed by atoms with Crippen molar-refractivity contribution >= 4 is 17.5 Å². The van der Waals surface area contributed by atoms with Crippen LogP contribution in [-0.2, 0) is 24.2 Å². The summed E-state index contributed by atoms with van der Waals surface area (Å²) in [5, 5.41) is 0. The van der Waals surface area contributed by atoms with Crippen LogP contribution in [0.1, 0.15) is 47.6 Å². The molecule has 1 aliphatic rings. The van der Waals surface area contributed by atoms with E-state index in [2.05, 4.69) is 36.1 Å². The lowest BCUT2D eigenvalue weighted by molar-refractivity contribution is -0.112. The molecule has 3 nitrogen and oxygen atoms in total. The molecule has 3 heteroatoms. The topological polar surface area (TPSA) is 46.3 Å². The van der Waals surface area contributed by atoms with Crippen molar-refractivity contribution in [1.29, 1.82) is 0 Å². The molecule has 0 radical (unpaired) electrons. The summed E-state index contributed by atoms with van der Waals surface area (Å²) >= 11 is 0. The van der Waals surface area contributed by atoms with Gasteiger partial charge in [-0.3, -0.25) is 9.69 Å². The van der Waals surface area contributed by atoms with Crippen molar-refractivity contribution in [3.8, 4) is 0 Å². The highest BCUT2D eigenvalue weighted by molar-refractivity contribution is 5.92. The highest BCUT2D eigenvalue weighted by Gasteiger charge is 2.12. The van der Waals surface area contributed by atoms with Crippen molar-refractivity contribution in [3.63, 3.8) is 0 Å². The molecule has 0 bridgehead atoms. The SMILES string of the molecule is CC(=O)/C=C\c1c(C)ccc(N)c1CCc1ccc(CN2CCCC2)cc1. The summed E-state index contributed by atoms with van der Waals surface area (Å²) in [6.45, 7) is 7.15. The Bertz CT molecular complexity index is 815. The van der Waals surface area contributed by atoms with Crippen LogP contribution in [0.5, 0.6) is 0 Å². The Morgan fingerprint density at radius 1 is 1.04 bits per heavy atom. The van der Waals surface area contributed by atoms with Crippen molar-refractivity contribution in [2.45, 2.75) is 46.1 Å². The van der Waals surface area contributed by atoms with E-state index in [0.29, 0.717) is 0 Å². The van der Waals surface area contributed by atoms with Gasteiger partial charge in [-0.05, 0) is 92.6 Å². The van der Waals surface area contributed by atoms with Crippen molar-refractivity contribution in [1.82, 2.24) is 4.90 Å². The largest absolute Gasteiger partial charge is 0.398 e. The zero-order valence-electron chi connectivity index (χ0n) is 16.5. The van der Waals surface area contributed by atoms with E-state index in [1.807, 2.05) is 18.2 Å². The molecule has 0 amide bonds. The fourth-order valence-corrected chi connectivity index (χ4v) is 3.79. The van der Waals surface area contributed by atoms with Gasteiger partial charge in [0.2, 0.25) is 0 Å². The molecule has 1 fully saturated rings. The summed E-state index contributed by atoms with van der Waals surface area (Å²) in [5.74, 6) is 0.0522. The first-order valence-electron chi connectivity index (χ1n) is 9.89. The number of aryl methyl sites for hydroxylation is 2. The molecular weight excluding hydrogens is 332 g/mol. The van der Waals surface area contributed by atoms with Crippen LogP contribution >= 0.6 is 0 Å². The van der Waals surface area contributed by atoms with Gasteiger partial charge in [0.15, 0.2) is 5.78 Å². The van der Waals surface area contributed by atoms with E-state index in [1.54, 1.807) is 13.0 Å². The fourth-order valence-electron chi connectivity index (χ4n) is 3.79. The van der Waals surface area contributed by atoms with Gasteiger partial charge < -0.3 is 5.73 Å². The monoisotopic (exact) mass is 362 g/mol.